The number of aromatic nitrogens is 3. The van der Waals surface area contributed by atoms with Crippen molar-refractivity contribution in [3.8, 4) is 0 Å². The average molecular weight is 570 g/mol. The van der Waals surface area contributed by atoms with Crippen LogP contribution in [0.25, 0.3) is 6.08 Å². The number of hydrogen-bond donors (Lipinski definition) is 3. The molecule has 2 fully saturated rings. The number of carbonyl (C=O) groups excluding carboxylic acids is 5. The van der Waals surface area contributed by atoms with Gasteiger partial charge in [0.05, 0.1) is 29.7 Å². The Morgan fingerprint density at radius 2 is 1.81 bits per heavy atom. The number of anilines is 2. The number of aromatic amines is 1. The molecule has 0 bridgehead atoms. The van der Waals surface area contributed by atoms with E-state index >= 15 is 0 Å². The molecule has 6 rings (SSSR count). The molecule has 1 spiro atoms. The summed E-state index contributed by atoms with van der Waals surface area (Å²) in [5.74, 6) is -1.68. The molecule has 11 heteroatoms. The summed E-state index contributed by atoms with van der Waals surface area (Å²) in [6.07, 6.45) is 9.60. The number of H-pyrrole nitrogens is 1. The molecule has 0 radical (unpaired) electrons. The maximum absolute atomic E-state index is 13.5. The fourth-order valence-corrected chi connectivity index (χ4v) is 6.82. The van der Waals surface area contributed by atoms with Gasteiger partial charge in [-0.1, -0.05) is 0 Å². The number of nitrogens with zero attached hydrogens (tertiary/aromatic N) is 2. The number of allylic oxidation sites excluding steroid dienone is 3. The van der Waals surface area contributed by atoms with Gasteiger partial charge in [0.15, 0.2) is 5.78 Å². The summed E-state index contributed by atoms with van der Waals surface area (Å²) in [5, 5.41) is 5.51. The molecule has 216 valence electrons. The van der Waals surface area contributed by atoms with Gasteiger partial charge in [0.1, 0.15) is 5.69 Å². The summed E-state index contributed by atoms with van der Waals surface area (Å²) >= 11 is 0. The van der Waals surface area contributed by atoms with Crippen molar-refractivity contribution >= 4 is 46.8 Å². The number of ether oxygens (including phenoxy) is 1. The van der Waals surface area contributed by atoms with Gasteiger partial charge in [-0.25, -0.2) is 4.79 Å². The van der Waals surface area contributed by atoms with Crippen molar-refractivity contribution in [2.75, 3.05) is 17.7 Å². The molecule has 3 heterocycles. The van der Waals surface area contributed by atoms with E-state index in [4.69, 9.17) is 4.74 Å². The fourth-order valence-electron chi connectivity index (χ4n) is 6.82. The fraction of sp³-hybridized carbons (Fsp3) is 0.323. The van der Waals surface area contributed by atoms with Crippen LogP contribution in [0.5, 0.6) is 0 Å². The van der Waals surface area contributed by atoms with E-state index in [1.165, 1.54) is 20.1 Å². The molecule has 0 aliphatic heterocycles. The molecule has 3 aliphatic carbocycles. The second kappa shape index (κ2) is 9.57. The predicted octanol–water partition coefficient (Wildman–Crippen LogP) is 3.68. The summed E-state index contributed by atoms with van der Waals surface area (Å²) < 4.78 is 8.44. The molecule has 2 saturated carbocycles. The number of esters is 1. The van der Waals surface area contributed by atoms with Crippen LogP contribution in [0.3, 0.4) is 0 Å². The lowest BCUT2D eigenvalue weighted by Gasteiger charge is -2.25. The first kappa shape index (κ1) is 27.3. The number of aryl methyl sites for hydroxylation is 3. The van der Waals surface area contributed by atoms with E-state index in [-0.39, 0.29) is 29.3 Å². The van der Waals surface area contributed by atoms with Crippen molar-refractivity contribution in [3.63, 3.8) is 0 Å². The molecule has 3 unspecified atom stereocenters. The van der Waals surface area contributed by atoms with Gasteiger partial charge in [-0.05, 0) is 61.6 Å². The normalized spacial score (nSPS) is 21.8. The van der Waals surface area contributed by atoms with Gasteiger partial charge in [-0.15, -0.1) is 0 Å². The van der Waals surface area contributed by atoms with E-state index in [1.807, 2.05) is 7.05 Å². The van der Waals surface area contributed by atoms with Crippen molar-refractivity contribution in [1.82, 2.24) is 14.1 Å². The Balaban J connectivity index is 1.19. The average Bonchev–Trinajstić information content (AvgIpc) is 3.23. The molecular weight excluding hydrogens is 538 g/mol. The molecule has 3 N–H and O–H groups in total. The molecule has 3 atom stereocenters. The van der Waals surface area contributed by atoms with Crippen molar-refractivity contribution in [2.24, 2.45) is 25.9 Å². The minimum Gasteiger partial charge on any atom is -0.465 e. The van der Waals surface area contributed by atoms with Gasteiger partial charge in [-0.3, -0.25) is 19.2 Å². The number of amides is 2. The third kappa shape index (κ3) is 4.15. The molecule has 3 aromatic heterocycles. The molecule has 11 nitrogen and oxygen atoms in total. The van der Waals surface area contributed by atoms with E-state index in [2.05, 4.69) is 15.6 Å². The third-order valence-corrected chi connectivity index (χ3v) is 8.69. The van der Waals surface area contributed by atoms with Crippen LogP contribution in [0, 0.1) is 18.8 Å². The lowest BCUT2D eigenvalue weighted by atomic mass is 9.76. The Hall–Kier alpha value is -4.93. The Morgan fingerprint density at radius 1 is 1.10 bits per heavy atom. The van der Waals surface area contributed by atoms with Gasteiger partial charge >= 0.3 is 5.97 Å². The number of methoxy groups -OCH3 is 1. The van der Waals surface area contributed by atoms with E-state index in [0.29, 0.717) is 51.7 Å². The highest BCUT2D eigenvalue weighted by atomic mass is 16.5. The molecule has 3 aliphatic rings. The first-order valence-electron chi connectivity index (χ1n) is 13.7. The highest BCUT2D eigenvalue weighted by molar-refractivity contribution is 6.12. The Kier molecular flexibility index (Phi) is 6.21. The Morgan fingerprint density at radius 3 is 2.52 bits per heavy atom. The summed E-state index contributed by atoms with van der Waals surface area (Å²) in [6.45, 7) is 3.15. The smallest absolute Gasteiger partial charge is 0.340 e. The van der Waals surface area contributed by atoms with E-state index in [9.17, 15) is 24.0 Å². The first-order chi connectivity index (χ1) is 19.9. The first-order valence-corrected chi connectivity index (χ1v) is 13.7. The maximum atomic E-state index is 13.5. The van der Waals surface area contributed by atoms with Crippen LogP contribution in [0.15, 0.2) is 42.3 Å². The lowest BCUT2D eigenvalue weighted by molar-refractivity contribution is -0.117. The Labute approximate surface area is 241 Å². The summed E-state index contributed by atoms with van der Waals surface area (Å²) in [5.41, 5.74) is 4.54. The van der Waals surface area contributed by atoms with E-state index < -0.39 is 17.3 Å². The van der Waals surface area contributed by atoms with Gasteiger partial charge in [0, 0.05) is 61.7 Å². The van der Waals surface area contributed by atoms with Crippen molar-refractivity contribution in [2.45, 2.75) is 32.1 Å². The predicted molar refractivity (Wildman–Crippen MR) is 154 cm³/mol. The number of rotatable bonds is 7. The van der Waals surface area contributed by atoms with Crippen LogP contribution < -0.4 is 10.6 Å². The summed E-state index contributed by atoms with van der Waals surface area (Å²) in [4.78, 5) is 66.5. The summed E-state index contributed by atoms with van der Waals surface area (Å²) in [6, 6.07) is 3.35. The van der Waals surface area contributed by atoms with Crippen LogP contribution in [0.2, 0.25) is 0 Å². The number of nitrogens with one attached hydrogen (secondary N) is 3. The van der Waals surface area contributed by atoms with Gasteiger partial charge in [0.2, 0.25) is 11.7 Å². The van der Waals surface area contributed by atoms with E-state index in [1.54, 1.807) is 59.8 Å². The quantitative estimate of drug-likeness (QED) is 0.293. The largest absolute Gasteiger partial charge is 0.465 e. The second-order valence-electron chi connectivity index (χ2n) is 11.4. The zero-order valence-electron chi connectivity index (χ0n) is 24.0. The monoisotopic (exact) mass is 569 g/mol. The van der Waals surface area contributed by atoms with Crippen LogP contribution in [-0.2, 0) is 33.8 Å². The molecule has 0 saturated heterocycles. The minimum absolute atomic E-state index is 0.114. The molecule has 0 aromatic carbocycles. The lowest BCUT2D eigenvalue weighted by Crippen LogP contribution is -2.26. The number of carbonyl (C=O) groups is 5. The minimum atomic E-state index is -0.486. The van der Waals surface area contributed by atoms with Crippen LogP contribution >= 0.6 is 0 Å². The van der Waals surface area contributed by atoms with Gasteiger partial charge in [0.25, 0.3) is 5.91 Å². The van der Waals surface area contributed by atoms with Crippen molar-refractivity contribution < 1.29 is 28.7 Å². The van der Waals surface area contributed by atoms with Gasteiger partial charge in [-0.2, -0.15) is 0 Å². The van der Waals surface area contributed by atoms with Crippen LogP contribution in [0.1, 0.15) is 68.1 Å². The number of ketones is 2. The van der Waals surface area contributed by atoms with Crippen molar-refractivity contribution in [3.05, 3.63) is 76.2 Å². The topological polar surface area (TPSA) is 144 Å². The standard InChI is InChI=1S/C31H31N5O6/c1-15-26(30(41)42-5)27-28(32-15)25(39)11-22-21(8-17-12-31(17,22)27)24(38)7-6-20-9-18(13-35(20)3)34-29(40)23-10-19(14-36(23)4)33-16(2)37/h6-7,9-11,13-14,17,21,32H,8,12H2,1-5H3,(H,33,37)(H,34,40)/b7-6+. The van der Waals surface area contributed by atoms with Gasteiger partial charge < -0.3 is 29.5 Å². The van der Waals surface area contributed by atoms with Crippen LogP contribution in [-0.4, -0.2) is 50.6 Å². The molecule has 42 heavy (non-hydrogen) atoms. The van der Waals surface area contributed by atoms with Crippen molar-refractivity contribution in [1.29, 1.82) is 0 Å². The molecule has 2 amide bonds. The highest BCUT2D eigenvalue weighted by Crippen LogP contribution is 2.71. The zero-order valence-corrected chi connectivity index (χ0v) is 24.0. The highest BCUT2D eigenvalue weighted by Gasteiger charge is 2.68. The third-order valence-electron chi connectivity index (χ3n) is 8.69. The maximum Gasteiger partial charge on any atom is 0.340 e. The SMILES string of the molecule is COC(=O)c1c(C)[nH]c2c1C13CC1CC(C(=O)/C=C/c1cc(NC(=O)c4cc(NC(C)=O)cn4C)cn1C)C3=CC2=O. The molecule has 3 aromatic rings. The summed E-state index contributed by atoms with van der Waals surface area (Å²) in [7, 11) is 4.84. The van der Waals surface area contributed by atoms with E-state index in [0.717, 1.165) is 12.0 Å². The number of hydrogen-bond acceptors (Lipinski definition) is 6. The second-order valence-corrected chi connectivity index (χ2v) is 11.4. The molecular formula is C31H31N5O6. The zero-order chi connectivity index (χ0) is 30.1. The number of fused-ring (bicyclic) bond motifs is 1. The Bertz CT molecular complexity index is 1780. The van der Waals surface area contributed by atoms with Crippen LogP contribution in [0.4, 0.5) is 11.4 Å².